The highest BCUT2D eigenvalue weighted by Gasteiger charge is 2.34. The molecule has 3 aromatic rings. The van der Waals surface area contributed by atoms with Gasteiger partial charge >= 0.3 is 12.4 Å². The minimum absolute atomic E-state index is 0.142. The summed E-state index contributed by atoms with van der Waals surface area (Å²) in [4.78, 5) is 15.8. The second-order valence-corrected chi connectivity index (χ2v) is 7.00. The second-order valence-electron chi connectivity index (χ2n) is 7.00. The Hall–Kier alpha value is -3.37. The van der Waals surface area contributed by atoms with Crippen molar-refractivity contribution in [1.29, 1.82) is 0 Å². The van der Waals surface area contributed by atoms with Crippen molar-refractivity contribution >= 4 is 5.91 Å². The van der Waals surface area contributed by atoms with Crippen molar-refractivity contribution in [3.8, 4) is 11.3 Å². The Labute approximate surface area is 171 Å². The number of aryl methyl sites for hydroxylation is 1. The van der Waals surface area contributed by atoms with Crippen molar-refractivity contribution in [2.24, 2.45) is 0 Å². The fraction of sp³-hybridized carbons (Fsp3) is 0.250. The van der Waals surface area contributed by atoms with E-state index < -0.39 is 35.6 Å². The molecule has 162 valence electrons. The molecule has 0 aliphatic carbocycles. The van der Waals surface area contributed by atoms with E-state index in [2.05, 4.69) is 15.4 Å². The fourth-order valence-electron chi connectivity index (χ4n) is 3.40. The number of carbonyl (C=O) groups is 1. The van der Waals surface area contributed by atoms with Crippen molar-refractivity contribution in [2.75, 3.05) is 0 Å². The van der Waals surface area contributed by atoms with Gasteiger partial charge in [0.05, 0.1) is 23.0 Å². The zero-order chi connectivity index (χ0) is 22.4. The van der Waals surface area contributed by atoms with Gasteiger partial charge in [-0.25, -0.2) is 0 Å². The lowest BCUT2D eigenvalue weighted by Gasteiger charge is -2.13. The van der Waals surface area contributed by atoms with Crippen LogP contribution in [0.15, 0.2) is 48.7 Å². The lowest BCUT2D eigenvalue weighted by Crippen LogP contribution is -2.27. The first kappa shape index (κ1) is 20.9. The van der Waals surface area contributed by atoms with Crippen molar-refractivity contribution < 1.29 is 31.1 Å². The highest BCUT2D eigenvalue weighted by Crippen LogP contribution is 2.34. The first-order valence-electron chi connectivity index (χ1n) is 9.12. The van der Waals surface area contributed by atoms with E-state index in [9.17, 15) is 31.1 Å². The lowest BCUT2D eigenvalue weighted by molar-refractivity contribution is -0.141. The maximum absolute atomic E-state index is 12.9. The maximum Gasteiger partial charge on any atom is 0.433 e. The molecule has 0 radical (unpaired) electrons. The quantitative estimate of drug-likeness (QED) is 0.592. The summed E-state index contributed by atoms with van der Waals surface area (Å²) in [5, 5.41) is 6.95. The van der Waals surface area contributed by atoms with E-state index in [4.69, 9.17) is 0 Å². The van der Waals surface area contributed by atoms with Gasteiger partial charge in [-0.2, -0.15) is 31.4 Å². The van der Waals surface area contributed by atoms with Crippen molar-refractivity contribution in [1.82, 2.24) is 20.1 Å². The molecule has 0 saturated heterocycles. The van der Waals surface area contributed by atoms with Gasteiger partial charge in [0.1, 0.15) is 5.69 Å². The third-order valence-electron chi connectivity index (χ3n) is 4.90. The van der Waals surface area contributed by atoms with E-state index >= 15 is 0 Å². The van der Waals surface area contributed by atoms with Gasteiger partial charge in [-0.05, 0) is 42.8 Å². The molecular formula is C20H14F6N4O. The third-order valence-corrected chi connectivity index (χ3v) is 4.90. The van der Waals surface area contributed by atoms with Crippen LogP contribution in [-0.4, -0.2) is 20.7 Å². The number of aromatic nitrogens is 3. The summed E-state index contributed by atoms with van der Waals surface area (Å²) in [6.45, 7) is 0.403. The zero-order valence-electron chi connectivity index (χ0n) is 15.6. The molecule has 0 unspecified atom stereocenters. The van der Waals surface area contributed by atoms with E-state index in [1.165, 1.54) is 12.1 Å². The SMILES string of the molecule is O=C(N[C@@H]1CCn2nc(-c3ccnc(C(F)(F)F)c3)cc21)c1cccc(C(F)(F)F)c1. The van der Waals surface area contributed by atoms with Crippen LogP contribution in [0.5, 0.6) is 0 Å². The Kier molecular flexibility index (Phi) is 4.98. The number of alkyl halides is 6. The topological polar surface area (TPSA) is 59.8 Å². The van der Waals surface area contributed by atoms with Crippen LogP contribution in [-0.2, 0) is 18.9 Å². The predicted molar refractivity (Wildman–Crippen MR) is 96.7 cm³/mol. The van der Waals surface area contributed by atoms with Crippen LogP contribution in [0.1, 0.15) is 39.8 Å². The largest absolute Gasteiger partial charge is 0.433 e. The molecule has 1 amide bonds. The summed E-state index contributed by atoms with van der Waals surface area (Å²) in [5.74, 6) is -0.685. The molecule has 1 aliphatic heterocycles. The average Bonchev–Trinajstić information content (AvgIpc) is 3.29. The fourth-order valence-corrected chi connectivity index (χ4v) is 3.40. The normalized spacial score (nSPS) is 16.3. The van der Waals surface area contributed by atoms with Gasteiger partial charge in [0.15, 0.2) is 0 Å². The monoisotopic (exact) mass is 440 g/mol. The highest BCUT2D eigenvalue weighted by molar-refractivity contribution is 5.94. The second kappa shape index (κ2) is 7.40. The number of pyridine rings is 1. The number of rotatable bonds is 3. The van der Waals surface area contributed by atoms with Gasteiger partial charge in [-0.3, -0.25) is 14.5 Å². The smallest absolute Gasteiger partial charge is 0.344 e. The molecule has 3 heterocycles. The van der Waals surface area contributed by atoms with Gasteiger partial charge in [0.2, 0.25) is 0 Å². The number of benzene rings is 1. The van der Waals surface area contributed by atoms with Crippen LogP contribution >= 0.6 is 0 Å². The number of carbonyl (C=O) groups excluding carboxylic acids is 1. The van der Waals surface area contributed by atoms with E-state index in [-0.39, 0.29) is 16.8 Å². The number of hydrogen-bond acceptors (Lipinski definition) is 3. The molecule has 1 aliphatic rings. The zero-order valence-corrected chi connectivity index (χ0v) is 15.6. The molecule has 5 nitrogen and oxygen atoms in total. The van der Waals surface area contributed by atoms with Crippen molar-refractivity contribution in [3.63, 3.8) is 0 Å². The summed E-state index contributed by atoms with van der Waals surface area (Å²) >= 11 is 0. The Morgan fingerprint density at radius 2 is 1.81 bits per heavy atom. The van der Waals surface area contributed by atoms with Crippen molar-refractivity contribution in [2.45, 2.75) is 31.4 Å². The van der Waals surface area contributed by atoms with Crippen LogP contribution < -0.4 is 5.32 Å². The summed E-state index contributed by atoms with van der Waals surface area (Å²) in [6, 6.07) is 7.36. The minimum Gasteiger partial charge on any atom is -0.344 e. The number of halogens is 6. The third kappa shape index (κ3) is 4.25. The average molecular weight is 440 g/mol. The van der Waals surface area contributed by atoms with Crippen LogP contribution in [0.4, 0.5) is 26.3 Å². The molecule has 0 spiro atoms. The van der Waals surface area contributed by atoms with E-state index in [0.29, 0.717) is 18.7 Å². The number of hydrogen-bond donors (Lipinski definition) is 1. The molecule has 4 rings (SSSR count). The molecular weight excluding hydrogens is 426 g/mol. The number of nitrogens with one attached hydrogen (secondary N) is 1. The first-order chi connectivity index (χ1) is 14.5. The van der Waals surface area contributed by atoms with Crippen LogP contribution in [0, 0.1) is 0 Å². The summed E-state index contributed by atoms with van der Waals surface area (Å²) < 4.78 is 78.9. The number of fused-ring (bicyclic) bond motifs is 1. The van der Waals surface area contributed by atoms with Gasteiger partial charge < -0.3 is 5.32 Å². The minimum atomic E-state index is -4.60. The lowest BCUT2D eigenvalue weighted by atomic mass is 10.1. The van der Waals surface area contributed by atoms with Crippen LogP contribution in [0.25, 0.3) is 11.3 Å². The van der Waals surface area contributed by atoms with Gasteiger partial charge in [0.25, 0.3) is 5.91 Å². The Morgan fingerprint density at radius 1 is 1.03 bits per heavy atom. The Balaban J connectivity index is 1.55. The molecule has 1 atom stereocenters. The molecule has 1 aromatic carbocycles. The molecule has 0 saturated carbocycles. The Bertz CT molecular complexity index is 1140. The molecule has 0 fully saturated rings. The maximum atomic E-state index is 12.9. The highest BCUT2D eigenvalue weighted by atomic mass is 19.4. The first-order valence-corrected chi connectivity index (χ1v) is 9.12. The Morgan fingerprint density at radius 3 is 2.52 bits per heavy atom. The molecule has 31 heavy (non-hydrogen) atoms. The molecule has 1 N–H and O–H groups in total. The summed E-state index contributed by atoms with van der Waals surface area (Å²) in [6.07, 6.45) is -7.68. The van der Waals surface area contributed by atoms with Crippen LogP contribution in [0.2, 0.25) is 0 Å². The van der Waals surface area contributed by atoms with E-state index in [0.717, 1.165) is 30.5 Å². The van der Waals surface area contributed by atoms with Crippen LogP contribution in [0.3, 0.4) is 0 Å². The van der Waals surface area contributed by atoms with Crippen molar-refractivity contribution in [3.05, 3.63) is 71.2 Å². The molecule has 2 aromatic heterocycles. The number of nitrogens with zero attached hydrogens (tertiary/aromatic N) is 3. The predicted octanol–water partition coefficient (Wildman–Crippen LogP) is 4.86. The van der Waals surface area contributed by atoms with E-state index in [1.807, 2.05) is 0 Å². The molecule has 11 heteroatoms. The number of amides is 1. The van der Waals surface area contributed by atoms with Gasteiger partial charge in [-0.15, -0.1) is 0 Å². The summed E-state index contributed by atoms with van der Waals surface area (Å²) in [5.41, 5.74) is -1.07. The summed E-state index contributed by atoms with van der Waals surface area (Å²) in [7, 11) is 0. The standard InChI is InChI=1S/C20H14F6N4O/c21-19(22,23)13-3-1-2-12(8-13)18(31)28-14-5-7-30-16(14)10-15(29-30)11-4-6-27-17(9-11)20(24,25)26/h1-4,6,8-10,14H,5,7H2,(H,28,31)/t14-/m1/s1. The van der Waals surface area contributed by atoms with Gasteiger partial charge in [0, 0.05) is 23.9 Å². The molecule has 0 bridgehead atoms. The van der Waals surface area contributed by atoms with E-state index in [1.54, 1.807) is 10.7 Å². The van der Waals surface area contributed by atoms with Gasteiger partial charge in [-0.1, -0.05) is 6.07 Å².